The maximum Gasteiger partial charge on any atom is 0.343 e. The Morgan fingerprint density at radius 1 is 1.53 bits per heavy atom. The molecular weight excluding hydrogens is 194 g/mol. The first-order valence-corrected chi connectivity index (χ1v) is 4.94. The first-order valence-electron chi connectivity index (χ1n) is 4.94. The minimum atomic E-state index is -0.545. The quantitative estimate of drug-likeness (QED) is 0.337. The number of aliphatic imine (C=N–C) groups is 1. The van der Waals surface area contributed by atoms with Gasteiger partial charge in [-0.1, -0.05) is 13.8 Å². The summed E-state index contributed by atoms with van der Waals surface area (Å²) in [6.07, 6.45) is 0.753. The first kappa shape index (κ1) is 13.7. The smallest absolute Gasteiger partial charge is 0.343 e. The van der Waals surface area contributed by atoms with Crippen molar-refractivity contribution in [1.82, 2.24) is 0 Å². The Morgan fingerprint density at radius 2 is 2.07 bits per heavy atom. The highest BCUT2D eigenvalue weighted by molar-refractivity contribution is 6.19. The highest BCUT2D eigenvalue weighted by Gasteiger charge is 2.21. The number of rotatable bonds is 4. The Labute approximate surface area is 90.7 Å². The van der Waals surface area contributed by atoms with Gasteiger partial charge in [-0.25, -0.2) is 4.79 Å². The number of nitrogens with zero attached hydrogens (tertiary/aromatic N) is 1. The summed E-state index contributed by atoms with van der Waals surface area (Å²) in [6, 6.07) is 0. The lowest BCUT2D eigenvalue weighted by Crippen LogP contribution is -2.17. The van der Waals surface area contributed by atoms with Gasteiger partial charge in [-0.15, -0.1) is 0 Å². The zero-order valence-electron chi connectivity index (χ0n) is 10.00. The van der Waals surface area contributed by atoms with Crippen LogP contribution in [-0.4, -0.2) is 30.9 Å². The van der Waals surface area contributed by atoms with Gasteiger partial charge in [0.1, 0.15) is 11.3 Å². The monoisotopic (exact) mass is 213 g/mol. The van der Waals surface area contributed by atoms with Gasteiger partial charge < -0.3 is 9.84 Å². The van der Waals surface area contributed by atoms with E-state index in [1.807, 2.05) is 13.8 Å². The summed E-state index contributed by atoms with van der Waals surface area (Å²) < 4.78 is 4.61. The molecule has 0 fully saturated rings. The van der Waals surface area contributed by atoms with Crippen LogP contribution in [-0.2, 0) is 9.53 Å². The lowest BCUT2D eigenvalue weighted by molar-refractivity contribution is -0.135. The normalized spacial score (nSPS) is 15.7. The molecule has 0 aromatic carbocycles. The van der Waals surface area contributed by atoms with Gasteiger partial charge in [-0.2, -0.15) is 0 Å². The minimum absolute atomic E-state index is 0.0486. The summed E-state index contributed by atoms with van der Waals surface area (Å²) in [5.74, 6) is -0.570. The van der Waals surface area contributed by atoms with Crippen LogP contribution >= 0.6 is 0 Å². The lowest BCUT2D eigenvalue weighted by Gasteiger charge is -2.13. The molecule has 0 aliphatic rings. The van der Waals surface area contributed by atoms with Crippen LogP contribution in [0.25, 0.3) is 0 Å². The van der Waals surface area contributed by atoms with Crippen LogP contribution in [0.5, 0.6) is 0 Å². The fraction of sp³-hybridized carbons (Fsp3) is 0.636. The van der Waals surface area contributed by atoms with Crippen molar-refractivity contribution in [3.8, 4) is 0 Å². The summed E-state index contributed by atoms with van der Waals surface area (Å²) in [4.78, 5) is 15.3. The van der Waals surface area contributed by atoms with E-state index >= 15 is 0 Å². The topological polar surface area (TPSA) is 58.9 Å². The van der Waals surface area contributed by atoms with Crippen molar-refractivity contribution in [2.45, 2.75) is 27.2 Å². The van der Waals surface area contributed by atoms with Crippen LogP contribution in [0.1, 0.15) is 27.2 Å². The van der Waals surface area contributed by atoms with Crippen LogP contribution in [0.2, 0.25) is 0 Å². The molecule has 0 bridgehead atoms. The van der Waals surface area contributed by atoms with E-state index in [4.69, 9.17) is 0 Å². The molecule has 0 aliphatic carbocycles. The number of hydrogen-bond acceptors (Lipinski definition) is 4. The van der Waals surface area contributed by atoms with E-state index in [9.17, 15) is 9.90 Å². The Balaban J connectivity index is 5.35. The standard InChI is InChI=1S/C11H19NO3/c1-6-7(2)10(13)9(8(3)12-4)11(14)15-5/h7,13H,6H2,1-5H3. The summed E-state index contributed by atoms with van der Waals surface area (Å²) in [6.45, 7) is 5.46. The highest BCUT2D eigenvalue weighted by Crippen LogP contribution is 2.17. The van der Waals surface area contributed by atoms with Gasteiger partial charge in [0.25, 0.3) is 0 Å². The SMILES string of the molecule is CCC(C)C(O)=C(C(=O)OC)C(C)=NC. The van der Waals surface area contributed by atoms with Gasteiger partial charge in [0.15, 0.2) is 0 Å². The van der Waals surface area contributed by atoms with E-state index in [0.29, 0.717) is 5.71 Å². The van der Waals surface area contributed by atoms with E-state index < -0.39 is 5.97 Å². The van der Waals surface area contributed by atoms with Gasteiger partial charge in [0.05, 0.1) is 7.11 Å². The van der Waals surface area contributed by atoms with Crippen LogP contribution in [0.15, 0.2) is 16.3 Å². The average molecular weight is 213 g/mol. The van der Waals surface area contributed by atoms with Gasteiger partial charge >= 0.3 is 5.97 Å². The van der Waals surface area contributed by atoms with Gasteiger partial charge in [-0.05, 0) is 13.3 Å². The molecule has 4 nitrogen and oxygen atoms in total. The minimum Gasteiger partial charge on any atom is -0.511 e. The molecule has 1 atom stereocenters. The number of carbonyl (C=O) groups excluding carboxylic acids is 1. The largest absolute Gasteiger partial charge is 0.511 e. The Hall–Kier alpha value is -1.32. The number of aliphatic hydroxyl groups is 1. The fourth-order valence-electron chi connectivity index (χ4n) is 1.09. The third-order valence-electron chi connectivity index (χ3n) is 2.42. The molecule has 86 valence electrons. The maximum atomic E-state index is 11.5. The van der Waals surface area contributed by atoms with E-state index in [2.05, 4.69) is 9.73 Å². The van der Waals surface area contributed by atoms with Crippen molar-refractivity contribution in [2.75, 3.05) is 14.2 Å². The molecule has 0 heterocycles. The molecule has 0 aromatic rings. The Kier molecular flexibility index (Phi) is 5.67. The van der Waals surface area contributed by atoms with Gasteiger partial charge in [-0.3, -0.25) is 4.99 Å². The Morgan fingerprint density at radius 3 is 2.40 bits per heavy atom. The number of carbonyl (C=O) groups is 1. The zero-order valence-corrected chi connectivity index (χ0v) is 10.00. The molecule has 0 radical (unpaired) electrons. The maximum absolute atomic E-state index is 11.5. The van der Waals surface area contributed by atoms with Crippen molar-refractivity contribution < 1.29 is 14.6 Å². The van der Waals surface area contributed by atoms with Crippen molar-refractivity contribution in [3.05, 3.63) is 11.3 Å². The first-order chi connectivity index (χ1) is 6.99. The second-order valence-corrected chi connectivity index (χ2v) is 3.37. The molecule has 1 unspecified atom stereocenters. The van der Waals surface area contributed by atoms with E-state index in [0.717, 1.165) is 6.42 Å². The van der Waals surface area contributed by atoms with Crippen LogP contribution in [0.4, 0.5) is 0 Å². The van der Waals surface area contributed by atoms with Crippen LogP contribution in [0, 0.1) is 5.92 Å². The van der Waals surface area contributed by atoms with Crippen molar-refractivity contribution in [2.24, 2.45) is 10.9 Å². The number of hydrogen-bond donors (Lipinski definition) is 1. The molecule has 15 heavy (non-hydrogen) atoms. The van der Waals surface area contributed by atoms with Crippen molar-refractivity contribution in [3.63, 3.8) is 0 Å². The predicted molar refractivity (Wildman–Crippen MR) is 60.2 cm³/mol. The summed E-state index contributed by atoms with van der Waals surface area (Å²) in [5, 5.41) is 9.88. The second-order valence-electron chi connectivity index (χ2n) is 3.37. The van der Waals surface area contributed by atoms with Crippen molar-refractivity contribution in [1.29, 1.82) is 0 Å². The number of methoxy groups -OCH3 is 1. The molecule has 0 spiro atoms. The number of aliphatic hydroxyl groups excluding tert-OH is 1. The van der Waals surface area contributed by atoms with Crippen LogP contribution in [0.3, 0.4) is 0 Å². The molecule has 0 saturated heterocycles. The van der Waals surface area contributed by atoms with E-state index in [-0.39, 0.29) is 17.3 Å². The van der Waals surface area contributed by atoms with Crippen LogP contribution < -0.4 is 0 Å². The third-order valence-corrected chi connectivity index (χ3v) is 2.42. The molecule has 0 rings (SSSR count). The fourth-order valence-corrected chi connectivity index (χ4v) is 1.09. The van der Waals surface area contributed by atoms with Gasteiger partial charge in [0.2, 0.25) is 0 Å². The molecule has 0 aromatic heterocycles. The van der Waals surface area contributed by atoms with Gasteiger partial charge in [0, 0.05) is 18.7 Å². The molecule has 0 amide bonds. The third kappa shape index (κ3) is 3.38. The molecular formula is C11H19NO3. The molecule has 4 heteroatoms. The molecule has 0 aliphatic heterocycles. The number of ether oxygens (including phenoxy) is 1. The molecule has 0 saturated carbocycles. The zero-order chi connectivity index (χ0) is 12.0. The predicted octanol–water partition coefficient (Wildman–Crippen LogP) is 2.11. The summed E-state index contributed by atoms with van der Waals surface area (Å²) >= 11 is 0. The number of allylic oxidation sites excluding steroid dienone is 1. The summed E-state index contributed by atoms with van der Waals surface area (Å²) in [7, 11) is 2.86. The van der Waals surface area contributed by atoms with E-state index in [1.54, 1.807) is 14.0 Å². The Bertz CT molecular complexity index is 292. The lowest BCUT2D eigenvalue weighted by atomic mass is 10.00. The second kappa shape index (κ2) is 6.22. The number of esters is 1. The highest BCUT2D eigenvalue weighted by atomic mass is 16.5. The summed E-state index contributed by atoms with van der Waals surface area (Å²) in [5.41, 5.74) is 0.661. The van der Waals surface area contributed by atoms with E-state index in [1.165, 1.54) is 7.11 Å². The van der Waals surface area contributed by atoms with Crippen molar-refractivity contribution >= 4 is 11.7 Å². The average Bonchev–Trinajstić information content (AvgIpc) is 2.27. The molecule has 1 N–H and O–H groups in total.